The lowest BCUT2D eigenvalue weighted by Gasteiger charge is -2.24. The molecule has 0 unspecified atom stereocenters. The lowest BCUT2D eigenvalue weighted by atomic mass is 10.1. The average Bonchev–Trinajstić information content (AvgIpc) is 3.11. The normalized spacial score (nSPS) is 14.1. The fourth-order valence-corrected chi connectivity index (χ4v) is 4.18. The van der Waals surface area contributed by atoms with Gasteiger partial charge in [0.15, 0.2) is 4.34 Å². The molecule has 0 aliphatic heterocycles. The summed E-state index contributed by atoms with van der Waals surface area (Å²) in [5, 5.41) is 14.7. The van der Waals surface area contributed by atoms with Gasteiger partial charge in [0, 0.05) is 6.54 Å². The van der Waals surface area contributed by atoms with Gasteiger partial charge in [-0.1, -0.05) is 23.1 Å². The first kappa shape index (κ1) is 16.4. The number of amides is 1. The van der Waals surface area contributed by atoms with Crippen molar-refractivity contribution in [2.75, 3.05) is 20.6 Å². The molecular formula is C13H18N4OS3. The third kappa shape index (κ3) is 4.77. The van der Waals surface area contributed by atoms with Crippen molar-refractivity contribution in [1.82, 2.24) is 20.4 Å². The summed E-state index contributed by atoms with van der Waals surface area (Å²) in [7, 11) is 4.04. The molecule has 5 nitrogen and oxygen atoms in total. The molecule has 2 heterocycles. The van der Waals surface area contributed by atoms with E-state index in [4.69, 9.17) is 0 Å². The lowest BCUT2D eigenvalue weighted by Crippen LogP contribution is -2.37. The first-order valence-electron chi connectivity index (χ1n) is 6.47. The van der Waals surface area contributed by atoms with Crippen LogP contribution in [0.3, 0.4) is 0 Å². The van der Waals surface area contributed by atoms with Gasteiger partial charge in [-0.2, -0.15) is 11.3 Å². The maximum absolute atomic E-state index is 12.2. The Morgan fingerprint density at radius 2 is 2.33 bits per heavy atom. The number of thioether (sulfide) groups is 1. The molecule has 2 rings (SSSR count). The van der Waals surface area contributed by atoms with Crippen LogP contribution in [0, 0.1) is 0 Å². The Morgan fingerprint density at radius 1 is 1.52 bits per heavy atom. The second-order valence-corrected chi connectivity index (χ2v) is 7.95. The van der Waals surface area contributed by atoms with Crippen LogP contribution in [-0.4, -0.2) is 46.9 Å². The van der Waals surface area contributed by atoms with E-state index in [0.29, 0.717) is 6.54 Å². The van der Waals surface area contributed by atoms with Crippen LogP contribution in [0.1, 0.15) is 18.5 Å². The minimum absolute atomic E-state index is 0.0253. The molecule has 2 aromatic rings. The van der Waals surface area contributed by atoms with Crippen LogP contribution in [0.15, 0.2) is 26.7 Å². The topological polar surface area (TPSA) is 58.1 Å². The van der Waals surface area contributed by atoms with Gasteiger partial charge < -0.3 is 10.2 Å². The fraction of sp³-hybridized carbons (Fsp3) is 0.462. The molecule has 1 amide bonds. The van der Waals surface area contributed by atoms with Gasteiger partial charge in [-0.25, -0.2) is 0 Å². The number of aromatic nitrogens is 2. The van der Waals surface area contributed by atoms with Crippen molar-refractivity contribution in [1.29, 1.82) is 0 Å². The molecule has 0 saturated carbocycles. The molecule has 0 aliphatic rings. The first-order valence-corrected chi connectivity index (χ1v) is 9.17. The zero-order valence-corrected chi connectivity index (χ0v) is 14.6. The smallest absolute Gasteiger partial charge is 0.233 e. The number of carbonyl (C=O) groups excluding carboxylic acids is 1. The molecule has 8 heteroatoms. The van der Waals surface area contributed by atoms with Gasteiger partial charge >= 0.3 is 0 Å². The van der Waals surface area contributed by atoms with Crippen LogP contribution >= 0.6 is 34.4 Å². The molecule has 1 N–H and O–H groups in total. The average molecular weight is 343 g/mol. The highest BCUT2D eigenvalue weighted by Crippen LogP contribution is 2.24. The molecule has 0 radical (unpaired) electrons. The summed E-state index contributed by atoms with van der Waals surface area (Å²) in [5.41, 5.74) is 2.90. The van der Waals surface area contributed by atoms with E-state index in [1.54, 1.807) is 16.8 Å². The van der Waals surface area contributed by atoms with E-state index in [0.717, 1.165) is 4.34 Å². The monoisotopic (exact) mass is 342 g/mol. The van der Waals surface area contributed by atoms with Crippen molar-refractivity contribution >= 4 is 40.3 Å². The number of hydrogen-bond donors (Lipinski definition) is 1. The Morgan fingerprint density at radius 3 is 2.90 bits per heavy atom. The van der Waals surface area contributed by atoms with Crippen molar-refractivity contribution in [2.45, 2.75) is 22.6 Å². The number of nitrogens with one attached hydrogen (secondary N) is 1. The van der Waals surface area contributed by atoms with Gasteiger partial charge in [-0.3, -0.25) is 4.79 Å². The predicted octanol–water partition coefficient (Wildman–Crippen LogP) is 2.50. The lowest BCUT2D eigenvalue weighted by molar-refractivity contribution is -0.120. The maximum atomic E-state index is 12.2. The van der Waals surface area contributed by atoms with E-state index in [1.165, 1.54) is 28.7 Å². The Labute approximate surface area is 136 Å². The molecule has 0 aromatic carbocycles. The molecule has 2 atom stereocenters. The van der Waals surface area contributed by atoms with Crippen molar-refractivity contribution in [3.05, 3.63) is 27.9 Å². The fourth-order valence-electron chi connectivity index (χ4n) is 1.82. The van der Waals surface area contributed by atoms with E-state index in [9.17, 15) is 4.79 Å². The van der Waals surface area contributed by atoms with Crippen molar-refractivity contribution in [3.8, 4) is 0 Å². The standard InChI is InChI=1S/C13H18N4OS3/c1-9(21-13-16-15-8-20-13)12(18)14-6-11(17(2)3)10-4-5-19-7-10/h4-5,7-9,11H,6H2,1-3H3,(H,14,18)/t9-,11-/m0/s1. The van der Waals surface area contributed by atoms with Gasteiger partial charge in [0.2, 0.25) is 5.91 Å². The van der Waals surface area contributed by atoms with Crippen LogP contribution in [0.5, 0.6) is 0 Å². The summed E-state index contributed by atoms with van der Waals surface area (Å²) >= 11 is 4.56. The van der Waals surface area contributed by atoms with E-state index in [-0.39, 0.29) is 17.2 Å². The minimum Gasteiger partial charge on any atom is -0.353 e. The second-order valence-electron chi connectivity index (χ2n) is 4.75. The van der Waals surface area contributed by atoms with Crippen LogP contribution in [0.25, 0.3) is 0 Å². The van der Waals surface area contributed by atoms with Crippen LogP contribution in [-0.2, 0) is 4.79 Å². The molecule has 21 heavy (non-hydrogen) atoms. The van der Waals surface area contributed by atoms with Gasteiger partial charge in [-0.05, 0) is 43.4 Å². The van der Waals surface area contributed by atoms with Crippen molar-refractivity contribution in [2.24, 2.45) is 0 Å². The zero-order valence-electron chi connectivity index (χ0n) is 12.1. The van der Waals surface area contributed by atoms with Gasteiger partial charge in [0.25, 0.3) is 0 Å². The van der Waals surface area contributed by atoms with Crippen LogP contribution in [0.4, 0.5) is 0 Å². The molecule has 0 fully saturated rings. The summed E-state index contributed by atoms with van der Waals surface area (Å²) in [5.74, 6) is 0.0253. The Balaban J connectivity index is 1.87. The number of hydrogen-bond acceptors (Lipinski definition) is 7. The Kier molecular flexibility index (Phi) is 6.16. The Bertz CT molecular complexity index is 542. The molecule has 0 saturated heterocycles. The van der Waals surface area contributed by atoms with E-state index in [1.807, 2.05) is 21.0 Å². The summed E-state index contributed by atoms with van der Waals surface area (Å²) in [6.07, 6.45) is 0. The molecule has 114 valence electrons. The largest absolute Gasteiger partial charge is 0.353 e. The van der Waals surface area contributed by atoms with E-state index in [2.05, 4.69) is 37.2 Å². The minimum atomic E-state index is -0.178. The maximum Gasteiger partial charge on any atom is 0.233 e. The number of carbonyl (C=O) groups is 1. The molecule has 0 aliphatic carbocycles. The second kappa shape index (κ2) is 7.88. The SMILES string of the molecule is C[C@H](Sc1nncs1)C(=O)NC[C@@H](c1ccsc1)N(C)C. The zero-order chi connectivity index (χ0) is 15.2. The molecular weight excluding hydrogens is 324 g/mol. The summed E-state index contributed by atoms with van der Waals surface area (Å²) in [6.45, 7) is 2.49. The van der Waals surface area contributed by atoms with E-state index >= 15 is 0 Å². The quantitative estimate of drug-likeness (QED) is 0.784. The van der Waals surface area contributed by atoms with Crippen LogP contribution in [0.2, 0.25) is 0 Å². The number of thiophene rings is 1. The van der Waals surface area contributed by atoms with Crippen LogP contribution < -0.4 is 5.32 Å². The Hall–Kier alpha value is -0.960. The highest BCUT2D eigenvalue weighted by molar-refractivity contribution is 8.02. The van der Waals surface area contributed by atoms with E-state index < -0.39 is 0 Å². The van der Waals surface area contributed by atoms with Gasteiger partial charge in [0.1, 0.15) is 5.51 Å². The number of likely N-dealkylation sites (N-methyl/N-ethyl adjacent to an activating group) is 1. The highest BCUT2D eigenvalue weighted by atomic mass is 32.2. The first-order chi connectivity index (χ1) is 10.1. The predicted molar refractivity (Wildman–Crippen MR) is 89.0 cm³/mol. The number of rotatable bonds is 7. The highest BCUT2D eigenvalue weighted by Gasteiger charge is 2.19. The molecule has 0 bridgehead atoms. The number of nitrogens with zero attached hydrogens (tertiary/aromatic N) is 3. The van der Waals surface area contributed by atoms with Gasteiger partial charge in [0.05, 0.1) is 11.3 Å². The van der Waals surface area contributed by atoms with Crippen molar-refractivity contribution < 1.29 is 4.79 Å². The third-order valence-corrected chi connectivity index (χ3v) is 5.62. The summed E-state index contributed by atoms with van der Waals surface area (Å²) in [6, 6.07) is 2.29. The van der Waals surface area contributed by atoms with Crippen molar-refractivity contribution in [3.63, 3.8) is 0 Å². The van der Waals surface area contributed by atoms with Gasteiger partial charge in [-0.15, -0.1) is 10.2 Å². The molecule has 0 spiro atoms. The molecule has 2 aromatic heterocycles. The summed E-state index contributed by atoms with van der Waals surface area (Å²) < 4.78 is 0.819. The third-order valence-electron chi connectivity index (χ3n) is 3.01. The summed E-state index contributed by atoms with van der Waals surface area (Å²) in [4.78, 5) is 14.3.